The van der Waals surface area contributed by atoms with Crippen molar-refractivity contribution < 1.29 is 18.0 Å². The molecule has 0 heterocycles. The number of carbonyl (C=O) groups excluding carboxylic acids is 1. The standard InChI is InChI=1S/C14H19F3N2O/c1-10(9-13(20)19-8-2-7-18)11-3-5-12(6-4-11)14(15,16)17/h3-6,10H,2,7-9,18H2,1H3,(H,19,20). The van der Waals surface area contributed by atoms with Crippen LogP contribution in [0.4, 0.5) is 13.2 Å². The summed E-state index contributed by atoms with van der Waals surface area (Å²) in [6, 6.07) is 4.91. The van der Waals surface area contributed by atoms with Gasteiger partial charge in [0.2, 0.25) is 5.91 Å². The monoisotopic (exact) mass is 288 g/mol. The molecule has 0 bridgehead atoms. The molecule has 0 aromatic heterocycles. The van der Waals surface area contributed by atoms with Crippen LogP contribution >= 0.6 is 0 Å². The van der Waals surface area contributed by atoms with Crippen molar-refractivity contribution in [3.63, 3.8) is 0 Å². The van der Waals surface area contributed by atoms with Gasteiger partial charge in [-0.3, -0.25) is 4.79 Å². The Morgan fingerprint density at radius 2 is 1.90 bits per heavy atom. The molecule has 0 fully saturated rings. The van der Waals surface area contributed by atoms with E-state index in [9.17, 15) is 18.0 Å². The lowest BCUT2D eigenvalue weighted by molar-refractivity contribution is -0.137. The van der Waals surface area contributed by atoms with Crippen molar-refractivity contribution in [2.45, 2.75) is 31.9 Å². The Morgan fingerprint density at radius 1 is 1.30 bits per heavy atom. The van der Waals surface area contributed by atoms with Crippen LogP contribution in [0.2, 0.25) is 0 Å². The fourth-order valence-corrected chi connectivity index (χ4v) is 1.80. The molecule has 0 spiro atoms. The number of rotatable bonds is 6. The highest BCUT2D eigenvalue weighted by molar-refractivity contribution is 5.76. The van der Waals surface area contributed by atoms with E-state index in [0.29, 0.717) is 25.1 Å². The van der Waals surface area contributed by atoms with E-state index in [1.807, 2.05) is 6.92 Å². The Hall–Kier alpha value is -1.56. The Balaban J connectivity index is 2.55. The second-order valence-corrected chi connectivity index (χ2v) is 4.72. The van der Waals surface area contributed by atoms with Gasteiger partial charge in [-0.2, -0.15) is 13.2 Å². The molecule has 0 saturated carbocycles. The zero-order valence-corrected chi connectivity index (χ0v) is 11.3. The van der Waals surface area contributed by atoms with Crippen LogP contribution in [0.3, 0.4) is 0 Å². The number of hydrogen-bond acceptors (Lipinski definition) is 2. The van der Waals surface area contributed by atoms with Crippen LogP contribution in [0, 0.1) is 0 Å². The Kier molecular flexibility index (Phi) is 6.01. The largest absolute Gasteiger partial charge is 0.416 e. The van der Waals surface area contributed by atoms with Crippen LogP contribution in [0.25, 0.3) is 0 Å². The highest BCUT2D eigenvalue weighted by atomic mass is 19.4. The van der Waals surface area contributed by atoms with E-state index >= 15 is 0 Å². The zero-order valence-electron chi connectivity index (χ0n) is 11.3. The second kappa shape index (κ2) is 7.28. The van der Waals surface area contributed by atoms with Crippen LogP contribution in [-0.4, -0.2) is 19.0 Å². The van der Waals surface area contributed by atoms with E-state index < -0.39 is 11.7 Å². The number of hydrogen-bond donors (Lipinski definition) is 2. The van der Waals surface area contributed by atoms with Crippen molar-refractivity contribution in [1.82, 2.24) is 5.32 Å². The topological polar surface area (TPSA) is 55.1 Å². The maximum atomic E-state index is 12.4. The summed E-state index contributed by atoms with van der Waals surface area (Å²) in [5.41, 5.74) is 5.35. The van der Waals surface area contributed by atoms with Crippen LogP contribution in [0.1, 0.15) is 36.8 Å². The van der Waals surface area contributed by atoms with Crippen molar-refractivity contribution in [3.05, 3.63) is 35.4 Å². The number of amides is 1. The molecule has 20 heavy (non-hydrogen) atoms. The van der Waals surface area contributed by atoms with Gasteiger partial charge in [0.05, 0.1) is 5.56 Å². The molecule has 0 saturated heterocycles. The normalized spacial score (nSPS) is 13.1. The molecular weight excluding hydrogens is 269 g/mol. The molecule has 1 unspecified atom stereocenters. The van der Waals surface area contributed by atoms with Crippen LogP contribution in [0.15, 0.2) is 24.3 Å². The first-order valence-electron chi connectivity index (χ1n) is 6.48. The third-order valence-corrected chi connectivity index (χ3v) is 3.00. The highest BCUT2D eigenvalue weighted by Gasteiger charge is 2.30. The van der Waals surface area contributed by atoms with Crippen molar-refractivity contribution >= 4 is 5.91 Å². The number of alkyl halides is 3. The van der Waals surface area contributed by atoms with Gasteiger partial charge in [0.1, 0.15) is 0 Å². The molecule has 1 rings (SSSR count). The Bertz CT molecular complexity index is 429. The van der Waals surface area contributed by atoms with Gasteiger partial charge in [-0.1, -0.05) is 19.1 Å². The lowest BCUT2D eigenvalue weighted by Crippen LogP contribution is -2.26. The van der Waals surface area contributed by atoms with Gasteiger partial charge in [0.25, 0.3) is 0 Å². The first-order valence-corrected chi connectivity index (χ1v) is 6.48. The zero-order chi connectivity index (χ0) is 15.2. The molecule has 6 heteroatoms. The first kappa shape index (κ1) is 16.5. The van der Waals surface area contributed by atoms with Crippen LogP contribution in [-0.2, 0) is 11.0 Å². The van der Waals surface area contributed by atoms with Crippen molar-refractivity contribution in [3.8, 4) is 0 Å². The average molecular weight is 288 g/mol. The minimum Gasteiger partial charge on any atom is -0.356 e. The van der Waals surface area contributed by atoms with Gasteiger partial charge in [-0.05, 0) is 36.6 Å². The summed E-state index contributed by atoms with van der Waals surface area (Å²) >= 11 is 0. The average Bonchev–Trinajstić information content (AvgIpc) is 2.38. The summed E-state index contributed by atoms with van der Waals surface area (Å²) in [6.45, 7) is 2.84. The summed E-state index contributed by atoms with van der Waals surface area (Å²) in [5, 5.41) is 2.72. The molecule has 3 nitrogen and oxygen atoms in total. The summed E-state index contributed by atoms with van der Waals surface area (Å²) in [5.74, 6) is -0.249. The molecule has 1 amide bonds. The summed E-state index contributed by atoms with van der Waals surface area (Å²) in [7, 11) is 0. The Morgan fingerprint density at radius 3 is 2.40 bits per heavy atom. The molecular formula is C14H19F3N2O. The SMILES string of the molecule is CC(CC(=O)NCCCN)c1ccc(C(F)(F)F)cc1. The van der Waals surface area contributed by atoms with Crippen molar-refractivity contribution in [1.29, 1.82) is 0 Å². The number of carbonyl (C=O) groups is 1. The van der Waals surface area contributed by atoms with Crippen molar-refractivity contribution in [2.24, 2.45) is 5.73 Å². The van der Waals surface area contributed by atoms with E-state index in [0.717, 1.165) is 12.1 Å². The smallest absolute Gasteiger partial charge is 0.356 e. The van der Waals surface area contributed by atoms with Gasteiger partial charge < -0.3 is 11.1 Å². The fraction of sp³-hybridized carbons (Fsp3) is 0.500. The van der Waals surface area contributed by atoms with E-state index in [1.165, 1.54) is 12.1 Å². The van der Waals surface area contributed by atoms with Gasteiger partial charge in [-0.15, -0.1) is 0 Å². The quantitative estimate of drug-likeness (QED) is 0.791. The van der Waals surface area contributed by atoms with Gasteiger partial charge in [-0.25, -0.2) is 0 Å². The predicted molar refractivity (Wildman–Crippen MR) is 71.2 cm³/mol. The number of nitrogens with one attached hydrogen (secondary N) is 1. The number of benzene rings is 1. The third kappa shape index (κ3) is 5.21. The van der Waals surface area contributed by atoms with E-state index in [1.54, 1.807) is 0 Å². The fourth-order valence-electron chi connectivity index (χ4n) is 1.80. The third-order valence-electron chi connectivity index (χ3n) is 3.00. The van der Waals surface area contributed by atoms with E-state index in [4.69, 9.17) is 5.73 Å². The lowest BCUT2D eigenvalue weighted by Gasteiger charge is -2.13. The molecule has 0 radical (unpaired) electrons. The Labute approximate surface area is 116 Å². The summed E-state index contributed by atoms with van der Waals surface area (Å²) in [4.78, 5) is 11.6. The van der Waals surface area contributed by atoms with Gasteiger partial charge in [0.15, 0.2) is 0 Å². The maximum absolute atomic E-state index is 12.4. The predicted octanol–water partition coefficient (Wildman–Crippen LogP) is 2.66. The molecule has 0 aliphatic carbocycles. The summed E-state index contributed by atoms with van der Waals surface area (Å²) in [6.07, 6.45) is -3.38. The second-order valence-electron chi connectivity index (χ2n) is 4.72. The first-order chi connectivity index (χ1) is 9.34. The summed E-state index contributed by atoms with van der Waals surface area (Å²) < 4.78 is 37.3. The number of nitrogens with two attached hydrogens (primary N) is 1. The van der Waals surface area contributed by atoms with Gasteiger partial charge >= 0.3 is 6.18 Å². The molecule has 1 aromatic rings. The van der Waals surface area contributed by atoms with Gasteiger partial charge in [0, 0.05) is 13.0 Å². The lowest BCUT2D eigenvalue weighted by atomic mass is 9.96. The molecule has 0 aliphatic heterocycles. The van der Waals surface area contributed by atoms with E-state index in [2.05, 4.69) is 5.32 Å². The molecule has 1 aromatic carbocycles. The van der Waals surface area contributed by atoms with Crippen molar-refractivity contribution in [2.75, 3.05) is 13.1 Å². The van der Waals surface area contributed by atoms with Crippen LogP contribution < -0.4 is 11.1 Å². The minimum atomic E-state index is -4.33. The highest BCUT2D eigenvalue weighted by Crippen LogP contribution is 2.30. The minimum absolute atomic E-state index is 0.120. The van der Waals surface area contributed by atoms with Crippen LogP contribution in [0.5, 0.6) is 0 Å². The van der Waals surface area contributed by atoms with E-state index in [-0.39, 0.29) is 18.2 Å². The molecule has 112 valence electrons. The molecule has 1 atom stereocenters. The maximum Gasteiger partial charge on any atom is 0.416 e. The number of halogens is 3. The molecule has 0 aliphatic rings. The molecule has 3 N–H and O–H groups in total.